The lowest BCUT2D eigenvalue weighted by Gasteiger charge is -2.11. The van der Waals surface area contributed by atoms with Crippen LogP contribution in [-0.4, -0.2) is 101 Å². The number of aromatic carboxylic acids is 1. The van der Waals surface area contributed by atoms with Crippen molar-refractivity contribution in [1.82, 2.24) is 0 Å². The number of hydrogen-bond acceptors (Lipinski definition) is 29. The summed E-state index contributed by atoms with van der Waals surface area (Å²) >= 11 is 0. The van der Waals surface area contributed by atoms with Crippen LogP contribution in [-0.2, 0) is 50.6 Å². The summed E-state index contributed by atoms with van der Waals surface area (Å²) in [6, 6.07) is 19.0. The van der Waals surface area contributed by atoms with E-state index in [1.807, 2.05) is 0 Å². The number of nitro groups is 1. The Kier molecular flexibility index (Phi) is 17.5. The molecule has 0 fully saturated rings. The number of carboxylic acids is 1. The molecular formula is C47H31N13O23S5. The van der Waals surface area contributed by atoms with Crippen molar-refractivity contribution in [2.75, 3.05) is 0 Å². The molecule has 10 N–H and O–H groups in total. The lowest BCUT2D eigenvalue weighted by Crippen LogP contribution is -2.01. The summed E-state index contributed by atoms with van der Waals surface area (Å²) in [6.07, 6.45) is 0. The predicted octanol–water partition coefficient (Wildman–Crippen LogP) is 12.0. The van der Waals surface area contributed by atoms with Crippen molar-refractivity contribution in [3.63, 3.8) is 0 Å². The molecule has 0 aliphatic rings. The number of phenolic OH excluding ortho intramolecular Hbond substituents is 3. The Hall–Kier alpha value is -10.8. The fraction of sp³-hybridized carbons (Fsp3) is 0. The molecular weight excluding hydrogens is 1270 g/mol. The zero-order valence-corrected chi connectivity index (χ0v) is 46.8. The summed E-state index contributed by atoms with van der Waals surface area (Å²) in [4.78, 5) is 16.3. The zero-order chi connectivity index (χ0) is 64.4. The lowest BCUT2D eigenvalue weighted by atomic mass is 10.1. The molecule has 0 aliphatic carbocycles. The topological polar surface area (TPSA) is 582 Å². The molecule has 0 saturated carbocycles. The van der Waals surface area contributed by atoms with E-state index in [4.69, 9.17) is 5.11 Å². The Balaban J connectivity index is 1.06. The summed E-state index contributed by atoms with van der Waals surface area (Å²) < 4.78 is 175. The summed E-state index contributed by atoms with van der Waals surface area (Å²) in [5.74, 6) is -4.93. The van der Waals surface area contributed by atoms with Gasteiger partial charge in [-0.3, -0.25) is 32.9 Å². The minimum absolute atomic E-state index is 0.0522. The summed E-state index contributed by atoms with van der Waals surface area (Å²) in [5.41, 5.74) is -7.04. The first-order valence-electron chi connectivity index (χ1n) is 23.1. The fourth-order valence-corrected chi connectivity index (χ4v) is 10.5. The van der Waals surface area contributed by atoms with Crippen molar-refractivity contribution < 1.29 is 100 Å². The van der Waals surface area contributed by atoms with Crippen LogP contribution in [0.25, 0.3) is 10.8 Å². The molecule has 0 aliphatic heterocycles. The molecule has 41 heteroatoms. The van der Waals surface area contributed by atoms with Gasteiger partial charge in [-0.25, -0.2) is 4.79 Å². The minimum Gasteiger partial charge on any atom is -0.508 e. The van der Waals surface area contributed by atoms with Gasteiger partial charge in [-0.05, 0) is 102 Å². The summed E-state index contributed by atoms with van der Waals surface area (Å²) in [6.45, 7) is 0. The number of phenols is 4. The van der Waals surface area contributed by atoms with Crippen LogP contribution in [0.15, 0.2) is 213 Å². The summed E-state index contributed by atoms with van der Waals surface area (Å²) in [5, 5.41) is 107. The highest BCUT2D eigenvalue weighted by atomic mass is 32.2. The number of carbonyl (C=O) groups is 1. The molecule has 0 unspecified atom stereocenters. The van der Waals surface area contributed by atoms with E-state index in [-0.39, 0.29) is 28.4 Å². The van der Waals surface area contributed by atoms with E-state index < -0.39 is 171 Å². The third kappa shape index (κ3) is 14.8. The van der Waals surface area contributed by atoms with Crippen LogP contribution in [0.5, 0.6) is 23.0 Å². The van der Waals surface area contributed by atoms with E-state index in [1.54, 1.807) is 0 Å². The van der Waals surface area contributed by atoms with Gasteiger partial charge < -0.3 is 25.5 Å². The second-order valence-electron chi connectivity index (χ2n) is 17.3. The van der Waals surface area contributed by atoms with Gasteiger partial charge in [0.1, 0.15) is 81.4 Å². The van der Waals surface area contributed by atoms with Crippen molar-refractivity contribution in [2.24, 2.45) is 61.4 Å². The van der Waals surface area contributed by atoms with Crippen LogP contribution in [0.3, 0.4) is 0 Å². The van der Waals surface area contributed by atoms with Gasteiger partial charge in [-0.2, -0.15) is 67.7 Å². The Labute approximate surface area is 490 Å². The molecule has 0 heterocycles. The average Bonchev–Trinajstić information content (AvgIpc) is 1.68. The number of rotatable bonds is 19. The number of nitro benzene ring substituents is 1. The monoisotopic (exact) mass is 1310 g/mol. The SMILES string of the molecule is O=C(O)c1ccc(N=Nc2ccc(N=Nc3ccc(N=Nc4ccc(N=Nc5cc(O)cc(N=Nc6cc7c(O)c(N=Nc8ccc([N+](=O)[O-])cc8)c(S(=O)(=O)O)cc7cc6S(=O)(=O)O)c5O)c(S(=O)(=O)O)c4)c(S(=O)(=O)O)c3)c(S(=O)(=O)O)c2)cc1O. The van der Waals surface area contributed by atoms with E-state index >= 15 is 0 Å². The average molecular weight is 1310 g/mol. The van der Waals surface area contributed by atoms with Crippen LogP contribution in [0, 0.1) is 10.1 Å². The highest BCUT2D eigenvalue weighted by Crippen LogP contribution is 2.47. The molecule has 452 valence electrons. The Morgan fingerprint density at radius 2 is 0.727 bits per heavy atom. The Morgan fingerprint density at radius 1 is 0.375 bits per heavy atom. The second-order valence-corrected chi connectivity index (χ2v) is 24.2. The van der Waals surface area contributed by atoms with E-state index in [0.717, 1.165) is 97.1 Å². The van der Waals surface area contributed by atoms with Crippen LogP contribution in [0.1, 0.15) is 10.4 Å². The van der Waals surface area contributed by atoms with E-state index in [1.165, 1.54) is 6.07 Å². The smallest absolute Gasteiger partial charge is 0.339 e. The maximum atomic E-state index is 12.6. The van der Waals surface area contributed by atoms with Crippen molar-refractivity contribution in [1.29, 1.82) is 0 Å². The largest absolute Gasteiger partial charge is 0.508 e. The zero-order valence-electron chi connectivity index (χ0n) is 42.8. The number of hydrogen-bond donors (Lipinski definition) is 10. The molecule has 0 saturated heterocycles. The molecule has 0 amide bonds. The first-order valence-corrected chi connectivity index (χ1v) is 30.3. The highest BCUT2D eigenvalue weighted by molar-refractivity contribution is 7.87. The number of carboxylic acid groups (broad SMARTS) is 1. The van der Waals surface area contributed by atoms with Crippen molar-refractivity contribution in [3.8, 4) is 23.0 Å². The fourth-order valence-electron chi connectivity index (χ4n) is 7.31. The Morgan fingerprint density at radius 3 is 1.15 bits per heavy atom. The van der Waals surface area contributed by atoms with Crippen LogP contribution in [0.2, 0.25) is 0 Å². The molecule has 0 aromatic heterocycles. The van der Waals surface area contributed by atoms with Gasteiger partial charge >= 0.3 is 5.97 Å². The van der Waals surface area contributed by atoms with Crippen LogP contribution >= 0.6 is 0 Å². The maximum absolute atomic E-state index is 12.6. The predicted molar refractivity (Wildman–Crippen MR) is 297 cm³/mol. The Bertz CT molecular complexity index is 5070. The molecule has 8 rings (SSSR count). The number of benzene rings is 8. The number of aromatic hydroxyl groups is 4. The lowest BCUT2D eigenvalue weighted by molar-refractivity contribution is -0.384. The maximum Gasteiger partial charge on any atom is 0.339 e. The normalized spacial score (nSPS) is 12.9. The number of non-ortho nitro benzene ring substituents is 1. The first kappa shape index (κ1) is 63.3. The highest BCUT2D eigenvalue weighted by Gasteiger charge is 2.27. The molecule has 8 aromatic carbocycles. The molecule has 0 spiro atoms. The van der Waals surface area contributed by atoms with Crippen molar-refractivity contribution in [2.45, 2.75) is 24.5 Å². The van der Waals surface area contributed by atoms with Gasteiger partial charge in [-0.1, -0.05) is 0 Å². The number of nitrogens with zero attached hydrogens (tertiary/aromatic N) is 13. The molecule has 0 bridgehead atoms. The number of azo groups is 6. The third-order valence-electron chi connectivity index (χ3n) is 11.3. The summed E-state index contributed by atoms with van der Waals surface area (Å²) in [7, 11) is -26.2. The van der Waals surface area contributed by atoms with Gasteiger partial charge in [0.15, 0.2) is 11.5 Å². The van der Waals surface area contributed by atoms with E-state index in [2.05, 4.69) is 61.4 Å². The molecule has 8 aromatic rings. The standard InChI is InChI=1S/C47H31N13O23S5/c61-29-19-36(46(64)37(20-29)58-56-35-21-31-22(13-39(35)84(69,70)71)14-43(88(81,82)83)44(45(31)63)59-48-23-1-7-28(8-2-23)60(67)68)57-55-34-12-6-27(18-42(34)87(78,79)80)52-54-33-11-5-26(17-41(33)86(75,76)77)51-53-32-10-4-25(16-40(32)85(72,73)74)50-49-24-3-9-30(47(65)66)38(62)15-24/h1-21,61-64H,(H,65,66)(H,69,70,71)(H,72,73,74)(H,75,76,77)(H,78,79,80)(H,81,82,83). The second kappa shape index (κ2) is 24.3. The minimum atomic E-state index is -5.34. The van der Waals surface area contributed by atoms with Gasteiger partial charge in [-0.15, -0.1) is 35.8 Å². The van der Waals surface area contributed by atoms with E-state index in [0.29, 0.717) is 24.3 Å². The first-order chi connectivity index (χ1) is 41.0. The quantitative estimate of drug-likeness (QED) is 0.0118. The third-order valence-corrected chi connectivity index (χ3v) is 15.7. The van der Waals surface area contributed by atoms with Crippen LogP contribution in [0.4, 0.5) is 73.9 Å². The number of fused-ring (bicyclic) bond motifs is 1. The van der Waals surface area contributed by atoms with E-state index in [9.17, 15) is 100 Å². The molecule has 88 heavy (non-hydrogen) atoms. The van der Waals surface area contributed by atoms with Gasteiger partial charge in [0.25, 0.3) is 56.3 Å². The molecule has 0 atom stereocenters. The van der Waals surface area contributed by atoms with Crippen molar-refractivity contribution in [3.05, 3.63) is 143 Å². The van der Waals surface area contributed by atoms with Crippen LogP contribution < -0.4 is 0 Å². The van der Waals surface area contributed by atoms with Gasteiger partial charge in [0.2, 0.25) is 0 Å². The van der Waals surface area contributed by atoms with Gasteiger partial charge in [0, 0.05) is 35.7 Å². The molecule has 0 radical (unpaired) electrons. The van der Waals surface area contributed by atoms with Crippen molar-refractivity contribution >= 4 is 141 Å². The molecule has 36 nitrogen and oxygen atoms in total. The van der Waals surface area contributed by atoms with Gasteiger partial charge in [0.05, 0.1) is 33.4 Å².